The summed E-state index contributed by atoms with van der Waals surface area (Å²) < 4.78 is 6.40. The van der Waals surface area contributed by atoms with Crippen molar-refractivity contribution in [1.82, 2.24) is 10.2 Å². The maximum Gasteiger partial charge on any atom is 0.250 e. The smallest absolute Gasteiger partial charge is 0.250 e. The van der Waals surface area contributed by atoms with Gasteiger partial charge in [-0.2, -0.15) is 0 Å². The first kappa shape index (κ1) is 24.4. The van der Waals surface area contributed by atoms with E-state index in [4.69, 9.17) is 16.3 Å². The minimum Gasteiger partial charge on any atom is -0.396 e. The lowest BCUT2D eigenvalue weighted by molar-refractivity contribution is -0.140. The summed E-state index contributed by atoms with van der Waals surface area (Å²) in [6, 6.07) is 4.39. The molecule has 3 heterocycles. The normalized spacial score (nSPS) is 32.2. The molecule has 3 amide bonds. The highest BCUT2D eigenvalue weighted by atomic mass is 79.9. The largest absolute Gasteiger partial charge is 0.396 e. The molecule has 4 rings (SSSR count). The van der Waals surface area contributed by atoms with Gasteiger partial charge in [0, 0.05) is 24.5 Å². The molecule has 1 aromatic carbocycles. The molecular weight excluding hydrogens is 514 g/mol. The van der Waals surface area contributed by atoms with Crippen molar-refractivity contribution in [3.8, 4) is 0 Å². The van der Waals surface area contributed by atoms with Crippen LogP contribution in [0.2, 0.25) is 5.02 Å². The van der Waals surface area contributed by atoms with Crippen LogP contribution in [0.15, 0.2) is 18.2 Å². The van der Waals surface area contributed by atoms with Crippen molar-refractivity contribution in [2.45, 2.75) is 55.7 Å². The predicted molar refractivity (Wildman–Crippen MR) is 127 cm³/mol. The first-order valence-corrected chi connectivity index (χ1v) is 12.6. The monoisotopic (exact) mass is 541 g/mol. The van der Waals surface area contributed by atoms with Crippen molar-refractivity contribution in [3.63, 3.8) is 0 Å². The van der Waals surface area contributed by atoms with Gasteiger partial charge < -0.3 is 25.4 Å². The summed E-state index contributed by atoms with van der Waals surface area (Å²) in [4.78, 5) is 41.7. The molecular formula is C23H29BrClN3O5. The maximum absolute atomic E-state index is 13.7. The lowest BCUT2D eigenvalue weighted by Crippen LogP contribution is -2.54. The van der Waals surface area contributed by atoms with Gasteiger partial charge in [-0.3, -0.25) is 14.4 Å². The summed E-state index contributed by atoms with van der Waals surface area (Å²) in [5, 5.41) is 15.6. The Morgan fingerprint density at radius 2 is 2.12 bits per heavy atom. The van der Waals surface area contributed by atoms with Gasteiger partial charge in [0.25, 0.3) is 0 Å². The summed E-state index contributed by atoms with van der Waals surface area (Å²) in [6.45, 7) is 4.38. The number of nitrogens with zero attached hydrogens (tertiary/aromatic N) is 1. The van der Waals surface area contributed by atoms with E-state index in [0.29, 0.717) is 30.1 Å². The van der Waals surface area contributed by atoms with Crippen LogP contribution in [0.3, 0.4) is 0 Å². The zero-order valence-electron chi connectivity index (χ0n) is 18.6. The minimum absolute atomic E-state index is 0.121. The third-order valence-electron chi connectivity index (χ3n) is 6.92. The van der Waals surface area contributed by atoms with E-state index >= 15 is 0 Å². The first-order chi connectivity index (χ1) is 15.8. The number of aliphatic hydroxyl groups is 1. The summed E-state index contributed by atoms with van der Waals surface area (Å²) in [6.07, 6.45) is 1.03. The number of amides is 3. The number of alkyl halides is 1. The fourth-order valence-electron chi connectivity index (χ4n) is 5.56. The number of nitrogens with one attached hydrogen (secondary N) is 2. The molecule has 8 nitrogen and oxygen atoms in total. The lowest BCUT2D eigenvalue weighted by atomic mass is 9.70. The van der Waals surface area contributed by atoms with Crippen LogP contribution in [0.1, 0.15) is 31.7 Å². The highest BCUT2D eigenvalue weighted by Crippen LogP contribution is 2.60. The molecule has 3 unspecified atom stereocenters. The van der Waals surface area contributed by atoms with Gasteiger partial charge in [-0.15, -0.1) is 0 Å². The Labute approximate surface area is 206 Å². The van der Waals surface area contributed by atoms with Gasteiger partial charge in [0.05, 0.1) is 28.6 Å². The zero-order valence-corrected chi connectivity index (χ0v) is 21.0. The van der Waals surface area contributed by atoms with Crippen molar-refractivity contribution in [3.05, 3.63) is 28.8 Å². The van der Waals surface area contributed by atoms with E-state index < -0.39 is 35.5 Å². The van der Waals surface area contributed by atoms with Gasteiger partial charge in [0.2, 0.25) is 17.7 Å². The van der Waals surface area contributed by atoms with Crippen LogP contribution in [0.4, 0.5) is 5.69 Å². The van der Waals surface area contributed by atoms with Gasteiger partial charge in [-0.05, 0) is 37.8 Å². The molecule has 3 N–H and O–H groups in total. The number of aryl methyl sites for hydroxylation is 1. The highest BCUT2D eigenvalue weighted by Gasteiger charge is 2.76. The van der Waals surface area contributed by atoms with Gasteiger partial charge in [0.15, 0.2) is 0 Å². The molecule has 180 valence electrons. The molecule has 33 heavy (non-hydrogen) atoms. The number of likely N-dealkylation sites (tertiary alicyclic amines) is 1. The van der Waals surface area contributed by atoms with Gasteiger partial charge >= 0.3 is 0 Å². The van der Waals surface area contributed by atoms with E-state index in [-0.39, 0.29) is 29.8 Å². The molecule has 3 fully saturated rings. The van der Waals surface area contributed by atoms with Crippen LogP contribution in [0.5, 0.6) is 0 Å². The number of rotatable bonds is 8. The Morgan fingerprint density at radius 3 is 2.79 bits per heavy atom. The van der Waals surface area contributed by atoms with Gasteiger partial charge in [0.1, 0.15) is 11.6 Å². The van der Waals surface area contributed by atoms with Crippen LogP contribution in [0.25, 0.3) is 0 Å². The molecule has 0 aliphatic carbocycles. The average Bonchev–Trinajstić information content (AvgIpc) is 3.36. The Balaban J connectivity index is 1.71. The van der Waals surface area contributed by atoms with E-state index in [2.05, 4.69) is 26.6 Å². The number of aliphatic hydroxyl groups excluding tert-OH is 1. The number of carbonyl (C=O) groups is 3. The quantitative estimate of drug-likeness (QED) is 0.437. The number of hydrogen-bond acceptors (Lipinski definition) is 5. The fourth-order valence-corrected chi connectivity index (χ4v) is 6.77. The highest BCUT2D eigenvalue weighted by molar-refractivity contribution is 9.09. The number of carbonyl (C=O) groups excluding carboxylic acids is 3. The molecule has 0 radical (unpaired) electrons. The van der Waals surface area contributed by atoms with Crippen molar-refractivity contribution >= 4 is 50.9 Å². The molecule has 10 heteroatoms. The third kappa shape index (κ3) is 3.96. The van der Waals surface area contributed by atoms with Crippen molar-refractivity contribution in [2.75, 3.05) is 25.0 Å². The van der Waals surface area contributed by atoms with E-state index in [1.807, 2.05) is 19.9 Å². The number of anilines is 1. The zero-order chi connectivity index (χ0) is 23.9. The van der Waals surface area contributed by atoms with Crippen LogP contribution < -0.4 is 10.6 Å². The summed E-state index contributed by atoms with van der Waals surface area (Å²) in [5.41, 5.74) is 0.153. The second-order valence-electron chi connectivity index (χ2n) is 8.98. The Bertz CT molecular complexity index is 942. The lowest BCUT2D eigenvalue weighted by Gasteiger charge is -2.34. The fraction of sp³-hybridized carbons (Fsp3) is 0.609. The SMILES string of the molecule is CCCNC(=O)[C@H]1[C@@H]2OC3(CC2Br)C(C(=O)Nc2c(C)cccc2Cl)N(CCCO)C(=O)[C@H]13. The average molecular weight is 543 g/mol. The number of ether oxygens (including phenoxy) is 1. The van der Waals surface area contributed by atoms with E-state index in [1.54, 1.807) is 12.1 Å². The number of hydrogen-bond donors (Lipinski definition) is 3. The number of para-hydroxylation sites is 1. The molecule has 3 aliphatic rings. The van der Waals surface area contributed by atoms with Crippen molar-refractivity contribution < 1.29 is 24.2 Å². The Hall–Kier alpha value is -1.68. The van der Waals surface area contributed by atoms with E-state index in [0.717, 1.165) is 12.0 Å². The number of benzene rings is 1. The van der Waals surface area contributed by atoms with Crippen LogP contribution in [-0.2, 0) is 19.1 Å². The van der Waals surface area contributed by atoms with E-state index in [1.165, 1.54) is 4.90 Å². The molecule has 2 bridgehead atoms. The molecule has 0 saturated carbocycles. The number of fused-ring (bicyclic) bond motifs is 1. The summed E-state index contributed by atoms with van der Waals surface area (Å²) in [7, 11) is 0. The van der Waals surface area contributed by atoms with E-state index in [9.17, 15) is 19.5 Å². The minimum atomic E-state index is -1.13. The topological polar surface area (TPSA) is 108 Å². The van der Waals surface area contributed by atoms with Crippen LogP contribution in [0, 0.1) is 18.8 Å². The van der Waals surface area contributed by atoms with Gasteiger partial charge in [-0.1, -0.05) is 46.6 Å². The molecule has 3 saturated heterocycles. The second kappa shape index (κ2) is 9.52. The maximum atomic E-state index is 13.7. The molecule has 1 spiro atoms. The Kier molecular flexibility index (Phi) is 7.05. The van der Waals surface area contributed by atoms with Crippen molar-refractivity contribution in [1.29, 1.82) is 0 Å². The number of halogens is 2. The molecule has 6 atom stereocenters. The van der Waals surface area contributed by atoms with Crippen LogP contribution >= 0.6 is 27.5 Å². The first-order valence-electron chi connectivity index (χ1n) is 11.3. The predicted octanol–water partition coefficient (Wildman–Crippen LogP) is 2.24. The van der Waals surface area contributed by atoms with Crippen molar-refractivity contribution in [2.24, 2.45) is 11.8 Å². The summed E-state index contributed by atoms with van der Waals surface area (Å²) >= 11 is 9.97. The summed E-state index contributed by atoms with van der Waals surface area (Å²) in [5.74, 6) is -2.35. The second-order valence-corrected chi connectivity index (χ2v) is 10.6. The molecule has 3 aliphatic heterocycles. The van der Waals surface area contributed by atoms with Crippen LogP contribution in [-0.4, -0.2) is 70.0 Å². The molecule has 0 aromatic heterocycles. The third-order valence-corrected chi connectivity index (χ3v) is 8.08. The molecule has 1 aromatic rings. The standard InChI is InChI=1S/C23H29BrClN3O5/c1-3-8-26-20(30)15-16-22(32)28(9-5-10-29)19(23(16)11-13(24)18(15)33-23)21(31)27-17-12(2)6-4-7-14(17)25/h4,6-7,13,15-16,18-19,29H,3,5,8-11H2,1-2H3,(H,26,30)(H,27,31)/t13?,15-,16+,18-,19?,23?/m1/s1. The Morgan fingerprint density at radius 1 is 1.36 bits per heavy atom. The van der Waals surface area contributed by atoms with Gasteiger partial charge in [-0.25, -0.2) is 0 Å².